The number of guanidine groups is 1. The van der Waals surface area contributed by atoms with Gasteiger partial charge in [-0.15, -0.1) is 35.3 Å². The van der Waals surface area contributed by atoms with E-state index in [9.17, 15) is 4.39 Å². The molecule has 4 nitrogen and oxygen atoms in total. The number of rotatable bonds is 7. The lowest BCUT2D eigenvalue weighted by molar-refractivity contribution is 0.604. The Morgan fingerprint density at radius 2 is 2.17 bits per heavy atom. The number of aromatic nitrogens is 1. The largest absolute Gasteiger partial charge is 0.356 e. The minimum atomic E-state index is -0.203. The summed E-state index contributed by atoms with van der Waals surface area (Å²) < 4.78 is 14.6. The van der Waals surface area contributed by atoms with Crippen LogP contribution in [0.2, 0.25) is 0 Å². The van der Waals surface area contributed by atoms with Crippen molar-refractivity contribution in [2.45, 2.75) is 17.3 Å². The highest BCUT2D eigenvalue weighted by molar-refractivity contribution is 14.0. The molecule has 0 amide bonds. The first kappa shape index (κ1) is 20.2. The van der Waals surface area contributed by atoms with E-state index in [4.69, 9.17) is 0 Å². The minimum Gasteiger partial charge on any atom is -0.356 e. The van der Waals surface area contributed by atoms with Gasteiger partial charge in [0.1, 0.15) is 10.2 Å². The lowest BCUT2D eigenvalue weighted by atomic mass is 10.2. The van der Waals surface area contributed by atoms with Crippen molar-refractivity contribution in [3.63, 3.8) is 0 Å². The number of nitrogens with one attached hydrogen (secondary N) is 2. The molecule has 0 saturated heterocycles. The van der Waals surface area contributed by atoms with Gasteiger partial charge < -0.3 is 10.6 Å². The van der Waals surface area contributed by atoms with Crippen molar-refractivity contribution in [2.24, 2.45) is 4.99 Å². The third-order valence-corrected chi connectivity index (χ3v) is 4.93. The molecule has 2 N–H and O–H groups in total. The van der Waals surface area contributed by atoms with E-state index in [-0.39, 0.29) is 29.8 Å². The fraction of sp³-hybridized carbons (Fsp3) is 0.333. The van der Waals surface area contributed by atoms with Crippen LogP contribution < -0.4 is 10.6 Å². The third kappa shape index (κ3) is 7.49. The Hall–Kier alpha value is -0.870. The number of hydrogen-bond donors (Lipinski definition) is 2. The quantitative estimate of drug-likeness (QED) is 0.215. The van der Waals surface area contributed by atoms with Crippen LogP contribution in [0.4, 0.5) is 4.39 Å². The summed E-state index contributed by atoms with van der Waals surface area (Å²) in [6.45, 7) is 1.23. The van der Waals surface area contributed by atoms with Crippen LogP contribution in [-0.2, 0) is 6.54 Å². The summed E-state index contributed by atoms with van der Waals surface area (Å²) in [4.78, 5) is 8.36. The van der Waals surface area contributed by atoms with E-state index in [1.165, 1.54) is 6.07 Å². The van der Waals surface area contributed by atoms with Gasteiger partial charge in [-0.1, -0.05) is 30.0 Å². The molecule has 0 atom stereocenters. The maximum absolute atomic E-state index is 13.5. The number of thioether (sulfide) groups is 1. The van der Waals surface area contributed by atoms with Gasteiger partial charge in [-0.3, -0.25) is 4.99 Å². The van der Waals surface area contributed by atoms with Crippen molar-refractivity contribution in [1.29, 1.82) is 0 Å². The highest BCUT2D eigenvalue weighted by Crippen LogP contribution is 2.20. The van der Waals surface area contributed by atoms with Crippen LogP contribution in [0.5, 0.6) is 0 Å². The van der Waals surface area contributed by atoms with Gasteiger partial charge >= 0.3 is 0 Å². The topological polar surface area (TPSA) is 49.3 Å². The molecule has 0 spiro atoms. The van der Waals surface area contributed by atoms with Crippen LogP contribution in [0, 0.1) is 5.82 Å². The first-order chi connectivity index (χ1) is 10.8. The SMILES string of the molecule is CN=C(NCCCSc1nccs1)NCc1ccccc1F.I. The van der Waals surface area contributed by atoms with Crippen LogP contribution in [0.15, 0.2) is 45.2 Å². The molecule has 0 fully saturated rings. The Bertz CT molecular complexity index is 593. The number of thiazole rings is 1. The predicted octanol–water partition coefficient (Wildman–Crippen LogP) is 3.75. The number of halogens is 2. The van der Waals surface area contributed by atoms with Crippen molar-refractivity contribution in [3.05, 3.63) is 47.2 Å². The average Bonchev–Trinajstić information content (AvgIpc) is 3.05. The summed E-state index contributed by atoms with van der Waals surface area (Å²) in [5, 5.41) is 8.32. The van der Waals surface area contributed by atoms with Gasteiger partial charge in [0.15, 0.2) is 5.96 Å². The minimum absolute atomic E-state index is 0. The van der Waals surface area contributed by atoms with Crippen molar-refractivity contribution in [1.82, 2.24) is 15.6 Å². The number of aliphatic imine (C=N–C) groups is 1. The molecule has 0 unspecified atom stereocenters. The second kappa shape index (κ2) is 11.6. The van der Waals surface area contributed by atoms with Gasteiger partial charge in [0.25, 0.3) is 0 Å². The zero-order chi connectivity index (χ0) is 15.6. The lowest BCUT2D eigenvalue weighted by Gasteiger charge is -2.12. The van der Waals surface area contributed by atoms with E-state index in [1.54, 1.807) is 42.3 Å². The summed E-state index contributed by atoms with van der Waals surface area (Å²) in [7, 11) is 1.71. The molecule has 23 heavy (non-hydrogen) atoms. The summed E-state index contributed by atoms with van der Waals surface area (Å²) in [6.07, 6.45) is 2.82. The number of nitrogens with zero attached hydrogens (tertiary/aromatic N) is 2. The van der Waals surface area contributed by atoms with E-state index in [0.717, 1.165) is 23.1 Å². The molecule has 8 heteroatoms. The Labute approximate surface area is 161 Å². The fourth-order valence-corrected chi connectivity index (χ4v) is 3.41. The monoisotopic (exact) mass is 466 g/mol. The molecule has 1 heterocycles. The first-order valence-corrected chi connectivity index (χ1v) is 8.86. The zero-order valence-electron chi connectivity index (χ0n) is 12.8. The Morgan fingerprint density at radius 3 is 2.87 bits per heavy atom. The molecule has 1 aromatic heterocycles. The fourth-order valence-electron chi connectivity index (χ4n) is 1.76. The average molecular weight is 466 g/mol. The molecule has 2 rings (SSSR count). The smallest absolute Gasteiger partial charge is 0.191 e. The number of benzene rings is 1. The van der Waals surface area contributed by atoms with E-state index >= 15 is 0 Å². The molecule has 0 aliphatic rings. The molecule has 126 valence electrons. The molecule has 1 aromatic carbocycles. The molecular formula is C15H20FIN4S2. The van der Waals surface area contributed by atoms with Crippen LogP contribution in [0.1, 0.15) is 12.0 Å². The van der Waals surface area contributed by atoms with Gasteiger partial charge in [0, 0.05) is 43.0 Å². The molecule has 0 bridgehead atoms. The lowest BCUT2D eigenvalue weighted by Crippen LogP contribution is -2.37. The van der Waals surface area contributed by atoms with E-state index in [1.807, 2.05) is 17.6 Å². The Kier molecular flexibility index (Phi) is 10.2. The molecule has 2 aromatic rings. The predicted molar refractivity (Wildman–Crippen MR) is 107 cm³/mol. The second-order valence-corrected chi connectivity index (χ2v) is 6.68. The van der Waals surface area contributed by atoms with Gasteiger partial charge in [-0.05, 0) is 12.5 Å². The van der Waals surface area contributed by atoms with Crippen molar-refractivity contribution >= 4 is 53.0 Å². The molecule has 0 saturated carbocycles. The molecule has 0 aliphatic carbocycles. The van der Waals surface area contributed by atoms with Crippen molar-refractivity contribution in [3.8, 4) is 0 Å². The van der Waals surface area contributed by atoms with E-state index in [2.05, 4.69) is 20.6 Å². The van der Waals surface area contributed by atoms with Gasteiger partial charge in [-0.2, -0.15) is 0 Å². The zero-order valence-corrected chi connectivity index (χ0v) is 16.8. The molecular weight excluding hydrogens is 446 g/mol. The van der Waals surface area contributed by atoms with Crippen LogP contribution in [0.25, 0.3) is 0 Å². The van der Waals surface area contributed by atoms with Crippen LogP contribution in [0.3, 0.4) is 0 Å². The van der Waals surface area contributed by atoms with Crippen molar-refractivity contribution < 1.29 is 4.39 Å². The number of hydrogen-bond acceptors (Lipinski definition) is 4. The summed E-state index contributed by atoms with van der Waals surface area (Å²) >= 11 is 3.41. The van der Waals surface area contributed by atoms with E-state index < -0.39 is 0 Å². The maximum atomic E-state index is 13.5. The molecule has 0 radical (unpaired) electrons. The van der Waals surface area contributed by atoms with Gasteiger partial charge in [0.05, 0.1) is 0 Å². The Balaban J connectivity index is 0.00000264. The van der Waals surface area contributed by atoms with Crippen molar-refractivity contribution in [2.75, 3.05) is 19.3 Å². The van der Waals surface area contributed by atoms with Crippen LogP contribution >= 0.6 is 47.1 Å². The van der Waals surface area contributed by atoms with E-state index in [0.29, 0.717) is 18.1 Å². The van der Waals surface area contributed by atoms with Crippen LogP contribution in [-0.4, -0.2) is 30.3 Å². The summed E-state index contributed by atoms with van der Waals surface area (Å²) in [5.74, 6) is 1.48. The molecule has 0 aliphatic heterocycles. The Morgan fingerprint density at radius 1 is 1.35 bits per heavy atom. The highest BCUT2D eigenvalue weighted by Gasteiger charge is 2.02. The second-order valence-electron chi connectivity index (χ2n) is 4.44. The standard InChI is InChI=1S/C15H19FN4S2.HI/c1-17-14(20-11-12-5-2-3-6-13(12)16)18-7-4-9-21-15-19-8-10-22-15;/h2-3,5-6,8,10H,4,7,9,11H2,1H3,(H2,17,18,20);1H. The summed E-state index contributed by atoms with van der Waals surface area (Å²) in [6, 6.07) is 6.74. The first-order valence-electron chi connectivity index (χ1n) is 7.00. The van der Waals surface area contributed by atoms with Gasteiger partial charge in [0.2, 0.25) is 0 Å². The third-order valence-electron chi connectivity index (χ3n) is 2.88. The highest BCUT2D eigenvalue weighted by atomic mass is 127. The normalized spacial score (nSPS) is 11.0. The summed E-state index contributed by atoms with van der Waals surface area (Å²) in [5.41, 5.74) is 0.629. The maximum Gasteiger partial charge on any atom is 0.191 e. The van der Waals surface area contributed by atoms with Gasteiger partial charge in [-0.25, -0.2) is 9.37 Å².